The number of aromatic hydroxyl groups is 1. The summed E-state index contributed by atoms with van der Waals surface area (Å²) in [6.07, 6.45) is 0. The van der Waals surface area contributed by atoms with Crippen LogP contribution in [-0.4, -0.2) is 19.4 Å². The molecule has 0 saturated heterocycles. The number of hydrogen-bond donors (Lipinski definition) is 2. The smallest absolute Gasteiger partial charge is 0.488 e. The van der Waals surface area contributed by atoms with Crippen LogP contribution in [0.25, 0.3) is 0 Å². The lowest BCUT2D eigenvalue weighted by atomic mass is 10.1. The van der Waals surface area contributed by atoms with Gasteiger partial charge in [0.2, 0.25) is 5.82 Å². The lowest BCUT2D eigenvalue weighted by Gasteiger charge is -2.08. The molecule has 0 atom stereocenters. The number of phenolic OH excluding ortho intramolecular Hbond substituents is 1. The second-order valence-electron chi connectivity index (χ2n) is 4.22. The zero-order chi connectivity index (χ0) is 17.2. The van der Waals surface area contributed by atoms with Crippen LogP contribution >= 0.6 is 0 Å². The van der Waals surface area contributed by atoms with Crippen LogP contribution in [0.3, 0.4) is 0 Å². The van der Waals surface area contributed by atoms with E-state index < -0.39 is 39.4 Å². The summed E-state index contributed by atoms with van der Waals surface area (Å²) in [7, 11) is -5.17. The largest absolute Gasteiger partial charge is 0.505 e. The Labute approximate surface area is 128 Å². The van der Waals surface area contributed by atoms with Crippen LogP contribution in [0.4, 0.5) is 18.4 Å². The monoisotopic (exact) mass is 347 g/mol. The van der Waals surface area contributed by atoms with Gasteiger partial charge >= 0.3 is 10.5 Å². The summed E-state index contributed by atoms with van der Waals surface area (Å²) in [5.41, 5.74) is -0.557. The normalized spacial score (nSPS) is 11.1. The van der Waals surface area contributed by atoms with Crippen molar-refractivity contribution in [2.75, 3.05) is 5.32 Å². The summed E-state index contributed by atoms with van der Waals surface area (Å²) in [5.74, 6) is -5.37. The molecular formula is C13H8F3NO5S. The first-order valence-corrected chi connectivity index (χ1v) is 7.20. The van der Waals surface area contributed by atoms with Crippen molar-refractivity contribution >= 4 is 22.1 Å². The van der Waals surface area contributed by atoms with Gasteiger partial charge in [0.15, 0.2) is 11.6 Å². The van der Waals surface area contributed by atoms with Crippen LogP contribution in [0.15, 0.2) is 36.4 Å². The molecule has 0 heterocycles. The van der Waals surface area contributed by atoms with Gasteiger partial charge in [-0.3, -0.25) is 4.79 Å². The molecule has 0 fully saturated rings. The Morgan fingerprint density at radius 2 is 1.65 bits per heavy atom. The topological polar surface area (TPSA) is 92.7 Å². The van der Waals surface area contributed by atoms with Crippen LogP contribution in [-0.2, 0) is 10.5 Å². The minimum Gasteiger partial charge on any atom is -0.505 e. The molecule has 23 heavy (non-hydrogen) atoms. The summed E-state index contributed by atoms with van der Waals surface area (Å²) in [6, 6.07) is 6.10. The molecule has 0 aromatic heterocycles. The van der Waals surface area contributed by atoms with E-state index in [2.05, 4.69) is 9.50 Å². The Morgan fingerprint density at radius 1 is 1.04 bits per heavy atom. The number of carbonyl (C=O) groups is 1. The van der Waals surface area contributed by atoms with Crippen LogP contribution in [0.1, 0.15) is 10.4 Å². The van der Waals surface area contributed by atoms with E-state index in [4.69, 9.17) is 5.11 Å². The van der Waals surface area contributed by atoms with E-state index in [9.17, 15) is 25.9 Å². The minimum absolute atomic E-state index is 0.0893. The number of nitrogens with one attached hydrogen (secondary N) is 1. The highest BCUT2D eigenvalue weighted by atomic mass is 32.3. The molecule has 0 unspecified atom stereocenters. The predicted octanol–water partition coefficient (Wildman–Crippen LogP) is 2.52. The molecule has 2 aromatic rings. The molecule has 2 rings (SSSR count). The van der Waals surface area contributed by atoms with Gasteiger partial charge in [0.05, 0.1) is 5.56 Å². The highest BCUT2D eigenvalue weighted by Crippen LogP contribution is 2.23. The summed E-state index contributed by atoms with van der Waals surface area (Å²) in [6.45, 7) is 0. The zero-order valence-corrected chi connectivity index (χ0v) is 11.9. The second-order valence-corrected chi connectivity index (χ2v) is 5.17. The predicted molar refractivity (Wildman–Crippen MR) is 73.1 cm³/mol. The molecule has 1 amide bonds. The Balaban J connectivity index is 2.16. The average Bonchev–Trinajstić information content (AvgIpc) is 2.45. The zero-order valence-electron chi connectivity index (χ0n) is 11.1. The van der Waals surface area contributed by atoms with E-state index in [1.165, 1.54) is 0 Å². The summed E-state index contributed by atoms with van der Waals surface area (Å²) in [4.78, 5) is 11.8. The number of rotatable bonds is 4. The van der Waals surface area contributed by atoms with Gasteiger partial charge in [-0.15, -0.1) is 0 Å². The van der Waals surface area contributed by atoms with E-state index in [0.29, 0.717) is 0 Å². The summed E-state index contributed by atoms with van der Waals surface area (Å²) in [5, 5.41) is 11.2. The molecule has 122 valence electrons. The van der Waals surface area contributed by atoms with Gasteiger partial charge in [0.25, 0.3) is 5.91 Å². The van der Waals surface area contributed by atoms with Crippen LogP contribution in [0.2, 0.25) is 0 Å². The van der Waals surface area contributed by atoms with E-state index in [1.54, 1.807) is 0 Å². The third-order valence-corrected chi connectivity index (χ3v) is 3.01. The third-order valence-electron chi connectivity index (χ3n) is 2.61. The van der Waals surface area contributed by atoms with E-state index in [1.807, 2.05) is 0 Å². The fourth-order valence-electron chi connectivity index (χ4n) is 1.62. The van der Waals surface area contributed by atoms with Crippen LogP contribution in [0, 0.1) is 11.6 Å². The average molecular weight is 347 g/mol. The molecule has 0 radical (unpaired) electrons. The standard InChI is InChI=1S/C13H8F3NO5S/c14-11-9(5-6-10(18)12(11)15)13(19)17-7-1-3-8(4-2-7)22-23(16,20)21/h1-6,18H,(H,17,19). The maximum atomic E-state index is 13.5. The van der Waals surface area contributed by atoms with Crippen molar-refractivity contribution in [1.82, 2.24) is 0 Å². The van der Waals surface area contributed by atoms with Crippen molar-refractivity contribution < 1.29 is 35.2 Å². The van der Waals surface area contributed by atoms with Crippen molar-refractivity contribution in [3.05, 3.63) is 53.6 Å². The first-order valence-electron chi connectivity index (χ1n) is 5.90. The van der Waals surface area contributed by atoms with Gasteiger partial charge in [-0.2, -0.15) is 12.8 Å². The second kappa shape index (κ2) is 6.16. The molecule has 0 aliphatic rings. The molecule has 6 nitrogen and oxygen atoms in total. The third kappa shape index (κ3) is 4.13. The highest BCUT2D eigenvalue weighted by molar-refractivity contribution is 7.81. The molecule has 10 heteroatoms. The number of hydrogen-bond acceptors (Lipinski definition) is 5. The fourth-order valence-corrected chi connectivity index (χ4v) is 1.96. The lowest BCUT2D eigenvalue weighted by molar-refractivity contribution is 0.102. The maximum Gasteiger partial charge on any atom is 0.488 e. The minimum atomic E-state index is -5.17. The molecule has 0 bridgehead atoms. The molecule has 0 aliphatic heterocycles. The van der Waals surface area contributed by atoms with Gasteiger partial charge in [-0.1, -0.05) is 3.89 Å². The van der Waals surface area contributed by atoms with Gasteiger partial charge in [0.1, 0.15) is 5.75 Å². The van der Waals surface area contributed by atoms with Gasteiger partial charge < -0.3 is 14.6 Å². The van der Waals surface area contributed by atoms with Crippen LogP contribution in [0.5, 0.6) is 11.5 Å². The van der Waals surface area contributed by atoms with Crippen molar-refractivity contribution in [3.8, 4) is 11.5 Å². The molecular weight excluding hydrogens is 339 g/mol. The number of anilines is 1. The van der Waals surface area contributed by atoms with E-state index in [0.717, 1.165) is 36.4 Å². The number of amides is 1. The Morgan fingerprint density at radius 3 is 2.22 bits per heavy atom. The summed E-state index contributed by atoms with van der Waals surface area (Å²) < 4.78 is 63.6. The molecule has 0 saturated carbocycles. The van der Waals surface area contributed by atoms with Gasteiger partial charge in [-0.25, -0.2) is 4.39 Å². The molecule has 0 aliphatic carbocycles. The van der Waals surface area contributed by atoms with Gasteiger partial charge in [0, 0.05) is 5.69 Å². The molecule has 0 spiro atoms. The summed E-state index contributed by atoms with van der Waals surface area (Å²) >= 11 is 0. The van der Waals surface area contributed by atoms with Crippen molar-refractivity contribution in [1.29, 1.82) is 0 Å². The Kier molecular flexibility index (Phi) is 4.45. The van der Waals surface area contributed by atoms with E-state index in [-0.39, 0.29) is 11.4 Å². The van der Waals surface area contributed by atoms with E-state index >= 15 is 0 Å². The molecule has 2 N–H and O–H groups in total. The highest BCUT2D eigenvalue weighted by Gasteiger charge is 2.18. The Hall–Kier alpha value is -2.75. The van der Waals surface area contributed by atoms with Crippen LogP contribution < -0.4 is 9.50 Å². The molecule has 2 aromatic carbocycles. The number of halogens is 3. The number of carbonyl (C=O) groups excluding carboxylic acids is 1. The number of phenols is 1. The number of benzene rings is 2. The maximum absolute atomic E-state index is 13.5. The lowest BCUT2D eigenvalue weighted by Crippen LogP contribution is -2.14. The first-order chi connectivity index (χ1) is 10.7. The first kappa shape index (κ1) is 16.6. The van der Waals surface area contributed by atoms with Crippen molar-refractivity contribution in [2.24, 2.45) is 0 Å². The van der Waals surface area contributed by atoms with Gasteiger partial charge in [-0.05, 0) is 36.4 Å². The fraction of sp³-hybridized carbons (Fsp3) is 0. The Bertz CT molecular complexity index is 853. The van der Waals surface area contributed by atoms with Crippen molar-refractivity contribution in [3.63, 3.8) is 0 Å². The quantitative estimate of drug-likeness (QED) is 0.829. The van der Waals surface area contributed by atoms with Crippen molar-refractivity contribution in [2.45, 2.75) is 0 Å². The SMILES string of the molecule is O=C(Nc1ccc(OS(=O)(=O)F)cc1)c1ccc(O)c(F)c1F.